The standard InChI is InChI=1S/C19H22N2O5S/c1-12(2)17(22)20-8-9-21-18(23)14-5-3-4-6-16(14)27-11-15-13(19(24)25)7-10-26-15/h3-7,10,12H,8-9,11H2,1-2H3,(H,20,22)(H,21,23)(H,24,25). The van der Waals surface area contributed by atoms with Gasteiger partial charge in [-0.05, 0) is 18.2 Å². The van der Waals surface area contributed by atoms with Gasteiger partial charge in [-0.25, -0.2) is 4.79 Å². The quantitative estimate of drug-likeness (QED) is 0.449. The molecule has 7 nitrogen and oxygen atoms in total. The van der Waals surface area contributed by atoms with E-state index in [4.69, 9.17) is 9.52 Å². The summed E-state index contributed by atoms with van der Waals surface area (Å²) >= 11 is 1.33. The van der Waals surface area contributed by atoms with E-state index in [1.54, 1.807) is 32.0 Å². The molecule has 0 spiro atoms. The lowest BCUT2D eigenvalue weighted by atomic mass is 10.2. The predicted octanol–water partition coefficient (Wildman–Crippen LogP) is 2.77. The second kappa shape index (κ2) is 9.82. The smallest absolute Gasteiger partial charge is 0.339 e. The molecule has 0 saturated heterocycles. The van der Waals surface area contributed by atoms with Crippen LogP contribution in [0.25, 0.3) is 0 Å². The van der Waals surface area contributed by atoms with E-state index < -0.39 is 5.97 Å². The number of carbonyl (C=O) groups is 3. The monoisotopic (exact) mass is 390 g/mol. The summed E-state index contributed by atoms with van der Waals surface area (Å²) in [6.07, 6.45) is 1.34. The number of carboxylic acid groups (broad SMARTS) is 1. The zero-order chi connectivity index (χ0) is 19.8. The van der Waals surface area contributed by atoms with Crippen LogP contribution in [-0.4, -0.2) is 36.0 Å². The average Bonchev–Trinajstić information content (AvgIpc) is 3.12. The minimum absolute atomic E-state index is 0.0621. The van der Waals surface area contributed by atoms with Crippen LogP contribution < -0.4 is 10.6 Å². The highest BCUT2D eigenvalue weighted by atomic mass is 32.2. The van der Waals surface area contributed by atoms with Gasteiger partial charge in [0.15, 0.2) is 0 Å². The first-order valence-electron chi connectivity index (χ1n) is 8.47. The normalized spacial score (nSPS) is 10.6. The number of hydrogen-bond acceptors (Lipinski definition) is 5. The average molecular weight is 390 g/mol. The number of amides is 2. The van der Waals surface area contributed by atoms with Crippen LogP contribution in [0.4, 0.5) is 0 Å². The van der Waals surface area contributed by atoms with Crippen molar-refractivity contribution in [3.63, 3.8) is 0 Å². The fourth-order valence-corrected chi connectivity index (χ4v) is 3.23. The lowest BCUT2D eigenvalue weighted by molar-refractivity contribution is -0.123. The van der Waals surface area contributed by atoms with E-state index in [9.17, 15) is 14.4 Å². The molecule has 2 rings (SSSR count). The van der Waals surface area contributed by atoms with E-state index in [0.717, 1.165) is 0 Å². The first kappa shape index (κ1) is 20.6. The SMILES string of the molecule is CC(C)C(=O)NCCNC(=O)c1ccccc1SCc1occc1C(=O)O. The molecule has 0 unspecified atom stereocenters. The van der Waals surface area contributed by atoms with E-state index >= 15 is 0 Å². The van der Waals surface area contributed by atoms with Gasteiger partial charge < -0.3 is 20.2 Å². The lowest BCUT2D eigenvalue weighted by Gasteiger charge is -2.11. The van der Waals surface area contributed by atoms with Gasteiger partial charge in [0.05, 0.1) is 17.6 Å². The highest BCUT2D eigenvalue weighted by molar-refractivity contribution is 7.98. The maximum atomic E-state index is 12.4. The number of benzene rings is 1. The third-order valence-corrected chi connectivity index (χ3v) is 4.77. The molecule has 27 heavy (non-hydrogen) atoms. The molecule has 0 saturated carbocycles. The van der Waals surface area contributed by atoms with Crippen LogP contribution in [0.5, 0.6) is 0 Å². The van der Waals surface area contributed by atoms with Crippen LogP contribution >= 0.6 is 11.8 Å². The number of aromatic carboxylic acids is 1. The first-order chi connectivity index (χ1) is 12.9. The highest BCUT2D eigenvalue weighted by Crippen LogP contribution is 2.28. The lowest BCUT2D eigenvalue weighted by Crippen LogP contribution is -2.36. The summed E-state index contributed by atoms with van der Waals surface area (Å²) in [4.78, 5) is 35.8. The van der Waals surface area contributed by atoms with Gasteiger partial charge in [-0.1, -0.05) is 26.0 Å². The van der Waals surface area contributed by atoms with Crippen molar-refractivity contribution >= 4 is 29.5 Å². The largest absolute Gasteiger partial charge is 0.478 e. The topological polar surface area (TPSA) is 109 Å². The Hall–Kier alpha value is -2.74. The van der Waals surface area contributed by atoms with Gasteiger partial charge in [0, 0.05) is 23.9 Å². The molecule has 1 aromatic heterocycles. The van der Waals surface area contributed by atoms with Gasteiger partial charge in [0.2, 0.25) is 5.91 Å². The Morgan fingerprint density at radius 3 is 2.48 bits per heavy atom. The van der Waals surface area contributed by atoms with Crippen LogP contribution in [-0.2, 0) is 10.5 Å². The number of furan rings is 1. The fourth-order valence-electron chi connectivity index (χ4n) is 2.23. The van der Waals surface area contributed by atoms with Gasteiger partial charge in [0.25, 0.3) is 5.91 Å². The Bertz CT molecular complexity index is 816. The van der Waals surface area contributed by atoms with Gasteiger partial charge in [-0.2, -0.15) is 0 Å². The van der Waals surface area contributed by atoms with Gasteiger partial charge in [0.1, 0.15) is 11.3 Å². The molecular weight excluding hydrogens is 368 g/mol. The number of carbonyl (C=O) groups excluding carboxylic acids is 2. The summed E-state index contributed by atoms with van der Waals surface area (Å²) in [5.74, 6) is -0.825. The van der Waals surface area contributed by atoms with E-state index in [1.807, 2.05) is 6.07 Å². The zero-order valence-electron chi connectivity index (χ0n) is 15.2. The molecule has 144 valence electrons. The summed E-state index contributed by atoms with van der Waals surface area (Å²) in [5.41, 5.74) is 0.603. The molecule has 2 amide bonds. The molecule has 3 N–H and O–H groups in total. The van der Waals surface area contributed by atoms with Gasteiger partial charge >= 0.3 is 5.97 Å². The third kappa shape index (κ3) is 5.89. The summed E-state index contributed by atoms with van der Waals surface area (Å²) in [5, 5.41) is 14.6. The van der Waals surface area contributed by atoms with Crippen molar-refractivity contribution < 1.29 is 23.9 Å². The maximum Gasteiger partial charge on any atom is 0.339 e. The molecule has 1 heterocycles. The van der Waals surface area contributed by atoms with E-state index in [2.05, 4.69) is 10.6 Å². The summed E-state index contributed by atoms with van der Waals surface area (Å²) in [7, 11) is 0. The van der Waals surface area contributed by atoms with Crippen molar-refractivity contribution in [2.75, 3.05) is 13.1 Å². The molecule has 0 bridgehead atoms. The fraction of sp³-hybridized carbons (Fsp3) is 0.316. The molecule has 8 heteroatoms. The summed E-state index contributed by atoms with van der Waals surface area (Å²) in [6, 6.07) is 8.47. The second-order valence-electron chi connectivity index (χ2n) is 6.05. The molecule has 0 fully saturated rings. The minimum Gasteiger partial charge on any atom is -0.478 e. The predicted molar refractivity (Wildman–Crippen MR) is 102 cm³/mol. The van der Waals surface area contributed by atoms with Crippen molar-refractivity contribution in [3.05, 3.63) is 53.5 Å². The Morgan fingerprint density at radius 1 is 1.07 bits per heavy atom. The van der Waals surface area contributed by atoms with Crippen molar-refractivity contribution in [1.82, 2.24) is 10.6 Å². The van der Waals surface area contributed by atoms with Crippen LogP contribution in [0.3, 0.4) is 0 Å². The van der Waals surface area contributed by atoms with Gasteiger partial charge in [-0.3, -0.25) is 9.59 Å². The zero-order valence-corrected chi connectivity index (χ0v) is 16.0. The minimum atomic E-state index is -1.05. The van der Waals surface area contributed by atoms with Crippen molar-refractivity contribution in [2.24, 2.45) is 5.92 Å². The number of thioether (sulfide) groups is 1. The maximum absolute atomic E-state index is 12.4. The van der Waals surface area contributed by atoms with E-state index in [0.29, 0.717) is 35.1 Å². The van der Waals surface area contributed by atoms with Crippen LogP contribution in [0.2, 0.25) is 0 Å². The molecule has 0 aliphatic carbocycles. The van der Waals surface area contributed by atoms with E-state index in [1.165, 1.54) is 24.1 Å². The molecule has 0 atom stereocenters. The number of hydrogen-bond donors (Lipinski definition) is 3. The molecule has 2 aromatic rings. The van der Waals surface area contributed by atoms with Gasteiger partial charge in [-0.15, -0.1) is 11.8 Å². The Balaban J connectivity index is 1.94. The summed E-state index contributed by atoms with van der Waals surface area (Å²) in [6.45, 7) is 4.27. The van der Waals surface area contributed by atoms with Crippen LogP contribution in [0.1, 0.15) is 40.3 Å². The molecule has 0 aliphatic heterocycles. The Kier molecular flexibility index (Phi) is 7.48. The first-order valence-corrected chi connectivity index (χ1v) is 9.46. The van der Waals surface area contributed by atoms with Crippen LogP contribution in [0, 0.1) is 5.92 Å². The molecular formula is C19H22N2O5S. The Labute approximate surface area is 161 Å². The summed E-state index contributed by atoms with van der Waals surface area (Å²) < 4.78 is 5.23. The number of carboxylic acids is 1. The van der Waals surface area contributed by atoms with Crippen molar-refractivity contribution in [2.45, 2.75) is 24.5 Å². The number of nitrogens with one attached hydrogen (secondary N) is 2. The van der Waals surface area contributed by atoms with E-state index in [-0.39, 0.29) is 23.3 Å². The molecule has 1 aromatic carbocycles. The van der Waals surface area contributed by atoms with Crippen molar-refractivity contribution in [3.8, 4) is 0 Å². The number of rotatable bonds is 9. The Morgan fingerprint density at radius 2 is 1.78 bits per heavy atom. The third-order valence-electron chi connectivity index (χ3n) is 3.70. The van der Waals surface area contributed by atoms with Crippen molar-refractivity contribution in [1.29, 1.82) is 0 Å². The van der Waals surface area contributed by atoms with Crippen LogP contribution in [0.15, 0.2) is 45.9 Å². The highest BCUT2D eigenvalue weighted by Gasteiger charge is 2.16. The molecule has 0 radical (unpaired) electrons. The second-order valence-corrected chi connectivity index (χ2v) is 7.07. The molecule has 0 aliphatic rings.